The first-order chi connectivity index (χ1) is 33.0. The summed E-state index contributed by atoms with van der Waals surface area (Å²) >= 11 is 1.28. The number of urea groups is 2. The Hall–Kier alpha value is -7.76. The van der Waals surface area contributed by atoms with Crippen LogP contribution in [-0.2, 0) is 38.4 Å². The van der Waals surface area contributed by atoms with Crippen LogP contribution in [0.15, 0.2) is 54.6 Å². The zero-order valence-electron chi connectivity index (χ0n) is 38.0. The summed E-state index contributed by atoms with van der Waals surface area (Å²) in [5.74, 6) is -3.10. The third-order valence-corrected chi connectivity index (χ3v) is 12.5. The number of rotatable bonds is 15. The predicted octanol–water partition coefficient (Wildman–Crippen LogP) is 1.28. The van der Waals surface area contributed by atoms with Gasteiger partial charge in [-0.15, -0.1) is 11.3 Å². The van der Waals surface area contributed by atoms with E-state index in [1.54, 1.807) is 18.2 Å². The van der Waals surface area contributed by atoms with Crippen LogP contribution in [0.5, 0.6) is 5.75 Å². The smallest absolute Gasteiger partial charge is 0.358 e. The third kappa shape index (κ3) is 12.2. The highest BCUT2D eigenvalue weighted by atomic mass is 32.1. The minimum absolute atomic E-state index is 0.0371. The first-order valence-corrected chi connectivity index (χ1v) is 22.9. The van der Waals surface area contributed by atoms with Crippen LogP contribution >= 0.6 is 11.3 Å². The van der Waals surface area contributed by atoms with Crippen molar-refractivity contribution in [2.75, 3.05) is 33.3 Å². The fraction of sp³-hybridized carbons (Fsp3) is 0.422. The van der Waals surface area contributed by atoms with E-state index in [1.165, 1.54) is 54.4 Å². The highest BCUT2D eigenvalue weighted by Gasteiger charge is 2.46. The van der Waals surface area contributed by atoms with Gasteiger partial charge in [0.25, 0.3) is 11.8 Å². The zero-order valence-corrected chi connectivity index (χ0v) is 38.9. The van der Waals surface area contributed by atoms with Crippen molar-refractivity contribution >= 4 is 93.1 Å². The number of amides is 10. The number of nitrogens with zero attached hydrogens (tertiary/aromatic N) is 6. The van der Waals surface area contributed by atoms with Crippen LogP contribution in [0.2, 0.25) is 0 Å². The van der Waals surface area contributed by atoms with E-state index in [1.807, 2.05) is 24.3 Å². The molecule has 10 amide bonds. The van der Waals surface area contributed by atoms with Gasteiger partial charge in [0, 0.05) is 49.0 Å². The van der Waals surface area contributed by atoms with Gasteiger partial charge in [-0.25, -0.2) is 39.6 Å². The van der Waals surface area contributed by atoms with E-state index in [4.69, 9.17) is 4.74 Å². The largest absolute Gasteiger partial charge is 0.497 e. The molecular formula is C45H52N10O13S. The predicted molar refractivity (Wildman–Crippen MR) is 243 cm³/mol. The second-order valence-electron chi connectivity index (χ2n) is 16.5. The van der Waals surface area contributed by atoms with E-state index in [0.29, 0.717) is 36.0 Å². The molecule has 23 nitrogen and oxygen atoms in total. The Labute approximate surface area is 399 Å². The van der Waals surface area contributed by atoms with E-state index in [0.717, 1.165) is 30.1 Å². The van der Waals surface area contributed by atoms with Gasteiger partial charge in [-0.2, -0.15) is 0 Å². The van der Waals surface area contributed by atoms with Crippen molar-refractivity contribution in [3.05, 3.63) is 65.0 Å². The van der Waals surface area contributed by atoms with E-state index in [9.17, 15) is 57.5 Å². The summed E-state index contributed by atoms with van der Waals surface area (Å²) in [5.41, 5.74) is 5.35. The first-order valence-electron chi connectivity index (χ1n) is 22.1. The molecule has 366 valence electrons. The fourth-order valence-corrected chi connectivity index (χ4v) is 9.03. The number of fused-ring (bicyclic) bond motifs is 3. The van der Waals surface area contributed by atoms with Gasteiger partial charge >= 0.3 is 12.1 Å². The van der Waals surface area contributed by atoms with Crippen molar-refractivity contribution in [3.63, 3.8) is 0 Å². The Morgan fingerprint density at radius 2 is 1.16 bits per heavy atom. The molecule has 4 aliphatic heterocycles. The number of Topliss-reactive ketones (excluding diaryl/α,β-unsaturated/α-hetero) is 2. The van der Waals surface area contributed by atoms with E-state index in [2.05, 4.69) is 21.5 Å². The van der Waals surface area contributed by atoms with Crippen LogP contribution in [0.25, 0.3) is 10.1 Å². The summed E-state index contributed by atoms with van der Waals surface area (Å²) in [5, 5.41) is 12.4. The molecule has 4 fully saturated rings. The number of aldehydes is 2. The van der Waals surface area contributed by atoms with Crippen molar-refractivity contribution in [2.24, 2.45) is 0 Å². The molecule has 24 heteroatoms. The number of carbonyl (C=O) groups excluding carboxylic acids is 12. The molecular weight excluding hydrogens is 921 g/mol. The average molecular weight is 973 g/mol. The minimum Gasteiger partial charge on any atom is -0.497 e. The molecule has 4 aliphatic rings. The van der Waals surface area contributed by atoms with Crippen molar-refractivity contribution in [1.82, 2.24) is 51.5 Å². The lowest BCUT2D eigenvalue weighted by Gasteiger charge is -2.43. The lowest BCUT2D eigenvalue weighted by Crippen LogP contribution is -2.64. The van der Waals surface area contributed by atoms with Crippen molar-refractivity contribution in [2.45, 2.75) is 89.4 Å². The van der Waals surface area contributed by atoms with E-state index < -0.39 is 59.9 Å². The molecule has 3 aromatic rings. The number of ether oxygens (including phenoxy) is 1. The maximum Gasteiger partial charge on any atom is 0.358 e. The van der Waals surface area contributed by atoms with Crippen LogP contribution in [0.1, 0.15) is 85.2 Å². The van der Waals surface area contributed by atoms with Crippen molar-refractivity contribution < 1.29 is 62.3 Å². The fourth-order valence-electron chi connectivity index (χ4n) is 8.08. The number of hydrazine groups is 4. The topological polar surface area (TPSA) is 282 Å². The summed E-state index contributed by atoms with van der Waals surface area (Å²) < 4.78 is 5.99. The summed E-state index contributed by atoms with van der Waals surface area (Å²) in [7, 11) is 1.50. The van der Waals surface area contributed by atoms with Gasteiger partial charge in [0.2, 0.25) is 23.6 Å². The van der Waals surface area contributed by atoms with E-state index in [-0.39, 0.29) is 93.6 Å². The van der Waals surface area contributed by atoms with E-state index >= 15 is 0 Å². The second-order valence-corrected chi connectivity index (χ2v) is 17.6. The van der Waals surface area contributed by atoms with Crippen LogP contribution in [0.3, 0.4) is 0 Å². The summed E-state index contributed by atoms with van der Waals surface area (Å²) in [6, 6.07) is 9.78. The standard InChI is InChI=1S/C23H25N5O6S.C22H27N5O7/c1-14(30)11-16(13-29)24-21(32)17-6-4-9-27-20(31)8-10-26(23(34)28(17)27)25-22(33)19-12-15-5-2-3-7-18(15)35-19;1-14(29)12-16(13-28)23-21(32)18-4-3-10-26-19(30)9-11-25(22(33)27(18)26)24-20(31)15-5-7-17(34-2)8-6-15/h2-3,5,7,12-13,16-17H,4,6,8-11H2,1H3,(H,24,32)(H,25,33);5-8,13,16,18H,3-4,9-12H2,1-2H3,(H,23,32)(H,24,31)/t16-,17-;16-,18-/m00/s1. The quantitative estimate of drug-likeness (QED) is 0.157. The number of hydrogen-bond donors (Lipinski definition) is 4. The Balaban J connectivity index is 0.000000227. The second kappa shape index (κ2) is 22.8. The molecule has 4 N–H and O–H groups in total. The molecule has 0 radical (unpaired) electrons. The number of benzene rings is 2. The first kappa shape index (κ1) is 50.6. The van der Waals surface area contributed by atoms with Crippen LogP contribution < -0.4 is 26.2 Å². The molecule has 4 atom stereocenters. The number of nitrogens with one attached hydrogen (secondary N) is 4. The van der Waals surface area contributed by atoms with Gasteiger partial charge in [-0.1, -0.05) is 18.2 Å². The van der Waals surface area contributed by atoms with Crippen LogP contribution in [0.4, 0.5) is 9.59 Å². The Kier molecular flexibility index (Phi) is 16.8. The lowest BCUT2D eigenvalue weighted by atomic mass is 10.1. The zero-order chi connectivity index (χ0) is 49.9. The number of hydrogen-bond acceptors (Lipinski definition) is 14. The molecule has 0 spiro atoms. The summed E-state index contributed by atoms with van der Waals surface area (Å²) in [6.07, 6.45) is 1.91. The normalized spacial score (nSPS) is 19.1. The lowest BCUT2D eigenvalue weighted by molar-refractivity contribution is -0.156. The summed E-state index contributed by atoms with van der Waals surface area (Å²) in [6.45, 7) is 2.94. The molecule has 0 aliphatic carbocycles. The van der Waals surface area contributed by atoms with Gasteiger partial charge in [-0.3, -0.25) is 49.2 Å². The Morgan fingerprint density at radius 3 is 1.61 bits per heavy atom. The molecule has 69 heavy (non-hydrogen) atoms. The number of ketones is 2. The van der Waals surface area contributed by atoms with Gasteiger partial charge in [0.15, 0.2) is 0 Å². The molecule has 7 rings (SSSR count). The van der Waals surface area contributed by atoms with Crippen LogP contribution in [0, 0.1) is 0 Å². The maximum absolute atomic E-state index is 13.5. The molecule has 0 bridgehead atoms. The molecule has 5 heterocycles. The van der Waals surface area contributed by atoms with Gasteiger partial charge in [0.1, 0.15) is 42.0 Å². The Bertz CT molecular complexity index is 2480. The van der Waals surface area contributed by atoms with Crippen LogP contribution in [-0.4, -0.2) is 159 Å². The molecule has 0 saturated carbocycles. The van der Waals surface area contributed by atoms with Gasteiger partial charge < -0.3 is 25.0 Å². The third-order valence-electron chi connectivity index (χ3n) is 11.4. The Morgan fingerprint density at radius 1 is 0.681 bits per heavy atom. The number of methoxy groups -OCH3 is 1. The minimum atomic E-state index is -1.09. The highest BCUT2D eigenvalue weighted by Crippen LogP contribution is 2.28. The average Bonchev–Trinajstić information content (AvgIpc) is 3.70. The molecule has 2 aromatic carbocycles. The summed E-state index contributed by atoms with van der Waals surface area (Å²) in [4.78, 5) is 150. The van der Waals surface area contributed by atoms with Crippen molar-refractivity contribution in [1.29, 1.82) is 0 Å². The molecule has 4 saturated heterocycles. The van der Waals surface area contributed by atoms with Gasteiger partial charge in [0.05, 0.1) is 37.2 Å². The maximum atomic E-state index is 13.5. The highest BCUT2D eigenvalue weighted by molar-refractivity contribution is 7.20. The SMILES string of the molecule is CC(=O)C[C@@H](C=O)NC(=O)[C@@H]1CCCN2C(=O)CCN(NC(=O)c3cc4ccccc4s3)C(=O)N12.COc1ccc(C(=O)NN2CCC(=O)N3CCC[C@@H](C(=O)N[C@H](C=O)CC(C)=O)N3C2=O)cc1. The molecule has 1 aromatic heterocycles. The molecule has 0 unspecified atom stereocenters. The monoisotopic (exact) mass is 972 g/mol. The van der Waals surface area contributed by atoms with Gasteiger partial charge in [-0.05, 0) is 81.3 Å². The number of carbonyl (C=O) groups is 12. The number of thiophene rings is 1. The van der Waals surface area contributed by atoms with Crippen molar-refractivity contribution in [3.8, 4) is 5.75 Å².